The number of H-pyrrole nitrogens is 1. The van der Waals surface area contributed by atoms with Gasteiger partial charge >= 0.3 is 0 Å². The van der Waals surface area contributed by atoms with E-state index in [9.17, 15) is 13.6 Å². The maximum Gasteiger partial charge on any atom is 0.258 e. The maximum absolute atomic E-state index is 13.5. The summed E-state index contributed by atoms with van der Waals surface area (Å²) in [5, 5.41) is 6.74. The van der Waals surface area contributed by atoms with Crippen LogP contribution in [0.4, 0.5) is 8.78 Å². The van der Waals surface area contributed by atoms with Crippen LogP contribution in [0.2, 0.25) is 0 Å². The minimum atomic E-state index is -0.376. The van der Waals surface area contributed by atoms with E-state index in [0.717, 1.165) is 12.0 Å². The molecule has 0 aliphatic carbocycles. The molecule has 0 saturated carbocycles. The average molecular weight is 339 g/mol. The van der Waals surface area contributed by atoms with E-state index in [4.69, 9.17) is 0 Å². The molecule has 3 aromatic rings. The highest BCUT2D eigenvalue weighted by Crippen LogP contribution is 2.35. The Morgan fingerprint density at radius 3 is 2.60 bits per heavy atom. The Bertz CT molecular complexity index is 920. The van der Waals surface area contributed by atoms with Gasteiger partial charge in [0.25, 0.3) is 5.91 Å². The van der Waals surface area contributed by atoms with E-state index in [1.807, 2.05) is 0 Å². The summed E-state index contributed by atoms with van der Waals surface area (Å²) in [5.74, 6) is -0.851. The number of carbonyl (C=O) groups excluding carboxylic acids is 1. The largest absolute Gasteiger partial charge is 0.331 e. The molecule has 25 heavy (non-hydrogen) atoms. The first-order valence-electron chi connectivity index (χ1n) is 7.99. The number of nitrogens with zero attached hydrogens (tertiary/aromatic N) is 2. The van der Waals surface area contributed by atoms with Gasteiger partial charge in [0.1, 0.15) is 11.6 Å². The molecule has 126 valence electrons. The molecule has 4 nitrogen and oxygen atoms in total. The molecule has 1 aromatic heterocycles. The summed E-state index contributed by atoms with van der Waals surface area (Å²) in [6, 6.07) is 12.1. The number of carbonyl (C=O) groups is 1. The van der Waals surface area contributed by atoms with Crippen LogP contribution in [-0.2, 0) is 0 Å². The van der Waals surface area contributed by atoms with Crippen molar-refractivity contribution in [2.45, 2.75) is 12.5 Å². The summed E-state index contributed by atoms with van der Waals surface area (Å²) in [4.78, 5) is 14.6. The highest BCUT2D eigenvalue weighted by atomic mass is 19.1. The molecule has 1 aliphatic rings. The number of halogens is 2. The third-order valence-corrected chi connectivity index (χ3v) is 4.52. The van der Waals surface area contributed by atoms with Crippen molar-refractivity contribution in [3.05, 3.63) is 77.5 Å². The number of hydrogen-bond acceptors (Lipinski definition) is 2. The molecule has 1 atom stereocenters. The summed E-state index contributed by atoms with van der Waals surface area (Å²) in [5.41, 5.74) is 2.36. The standard InChI is InChI=1S/C19H15F2N3O/c20-14-6-4-12(5-7-14)17-8-9-24(17)19(25)16-11-22-23-18(16)13-2-1-3-15(21)10-13/h1-7,10-11,17H,8-9H2,(H,22,23)/t17-/m0/s1. The van der Waals surface area contributed by atoms with Crippen molar-refractivity contribution >= 4 is 5.91 Å². The topological polar surface area (TPSA) is 49.0 Å². The molecule has 0 radical (unpaired) electrons. The first-order valence-corrected chi connectivity index (χ1v) is 7.99. The summed E-state index contributed by atoms with van der Waals surface area (Å²) < 4.78 is 26.6. The number of aromatic amines is 1. The third-order valence-electron chi connectivity index (χ3n) is 4.52. The second-order valence-electron chi connectivity index (χ2n) is 6.02. The Balaban J connectivity index is 1.62. The maximum atomic E-state index is 13.5. The fourth-order valence-electron chi connectivity index (χ4n) is 3.13. The van der Waals surface area contributed by atoms with Crippen LogP contribution in [-0.4, -0.2) is 27.5 Å². The van der Waals surface area contributed by atoms with Crippen molar-refractivity contribution in [3.8, 4) is 11.3 Å². The van der Waals surface area contributed by atoms with E-state index < -0.39 is 0 Å². The van der Waals surface area contributed by atoms with E-state index in [1.54, 1.807) is 29.2 Å². The van der Waals surface area contributed by atoms with Crippen LogP contribution >= 0.6 is 0 Å². The molecule has 2 heterocycles. The van der Waals surface area contributed by atoms with Gasteiger partial charge in [-0.15, -0.1) is 0 Å². The first kappa shape index (κ1) is 15.5. The second-order valence-corrected chi connectivity index (χ2v) is 6.02. The van der Waals surface area contributed by atoms with Gasteiger partial charge in [-0.05, 0) is 36.2 Å². The Morgan fingerprint density at radius 1 is 1.12 bits per heavy atom. The van der Waals surface area contributed by atoms with Gasteiger partial charge in [-0.25, -0.2) is 8.78 Å². The Hall–Kier alpha value is -3.02. The van der Waals surface area contributed by atoms with Crippen LogP contribution in [0, 0.1) is 11.6 Å². The van der Waals surface area contributed by atoms with Crippen LogP contribution in [0.3, 0.4) is 0 Å². The zero-order valence-corrected chi connectivity index (χ0v) is 13.2. The van der Waals surface area contributed by atoms with Gasteiger partial charge in [0.2, 0.25) is 0 Å². The van der Waals surface area contributed by atoms with Crippen molar-refractivity contribution < 1.29 is 13.6 Å². The van der Waals surface area contributed by atoms with Crippen LogP contribution in [0.5, 0.6) is 0 Å². The molecular weight excluding hydrogens is 324 g/mol. The first-order chi connectivity index (χ1) is 12.1. The molecule has 1 saturated heterocycles. The summed E-state index contributed by atoms with van der Waals surface area (Å²) in [7, 11) is 0. The average Bonchev–Trinajstić information content (AvgIpc) is 3.05. The molecule has 4 rings (SSSR count). The van der Waals surface area contributed by atoms with Crippen LogP contribution in [0.15, 0.2) is 54.7 Å². The fourth-order valence-corrected chi connectivity index (χ4v) is 3.13. The van der Waals surface area contributed by atoms with E-state index >= 15 is 0 Å². The van der Waals surface area contributed by atoms with Crippen molar-refractivity contribution in [3.63, 3.8) is 0 Å². The zero-order valence-electron chi connectivity index (χ0n) is 13.2. The van der Waals surface area contributed by atoms with Crippen molar-refractivity contribution in [2.75, 3.05) is 6.54 Å². The Morgan fingerprint density at radius 2 is 1.92 bits per heavy atom. The number of nitrogens with one attached hydrogen (secondary N) is 1. The van der Waals surface area contributed by atoms with Gasteiger partial charge in [-0.2, -0.15) is 5.10 Å². The van der Waals surface area contributed by atoms with Gasteiger partial charge in [0.05, 0.1) is 23.5 Å². The molecule has 1 fully saturated rings. The third kappa shape index (κ3) is 2.80. The normalized spacial score (nSPS) is 16.6. The fraction of sp³-hybridized carbons (Fsp3) is 0.158. The molecule has 0 spiro atoms. The Kier molecular flexibility index (Phi) is 3.80. The van der Waals surface area contributed by atoms with Gasteiger partial charge < -0.3 is 4.90 Å². The van der Waals surface area contributed by atoms with Crippen molar-refractivity contribution in [2.24, 2.45) is 0 Å². The van der Waals surface area contributed by atoms with Crippen molar-refractivity contribution in [1.29, 1.82) is 0 Å². The number of amides is 1. The lowest BCUT2D eigenvalue weighted by molar-refractivity contribution is 0.0461. The lowest BCUT2D eigenvalue weighted by atomic mass is 9.93. The smallest absolute Gasteiger partial charge is 0.258 e. The highest BCUT2D eigenvalue weighted by Gasteiger charge is 2.35. The molecular formula is C19H15F2N3O. The lowest BCUT2D eigenvalue weighted by Crippen LogP contribution is -2.45. The molecule has 1 aliphatic heterocycles. The van der Waals surface area contributed by atoms with E-state index in [1.165, 1.54) is 30.5 Å². The SMILES string of the molecule is O=C(c1cn[nH]c1-c1cccc(F)c1)N1CC[C@H]1c1ccc(F)cc1. The van der Waals surface area contributed by atoms with Crippen LogP contribution < -0.4 is 0 Å². The van der Waals surface area contributed by atoms with Gasteiger partial charge in [0, 0.05) is 12.1 Å². The summed E-state index contributed by atoms with van der Waals surface area (Å²) in [6.45, 7) is 0.620. The van der Waals surface area contributed by atoms with Gasteiger partial charge in [-0.1, -0.05) is 24.3 Å². The number of rotatable bonds is 3. The number of hydrogen-bond donors (Lipinski definition) is 1. The molecule has 0 unspecified atom stereocenters. The molecule has 1 N–H and O–H groups in total. The zero-order chi connectivity index (χ0) is 17.4. The quantitative estimate of drug-likeness (QED) is 0.786. The van der Waals surface area contributed by atoms with Gasteiger partial charge in [-0.3, -0.25) is 9.89 Å². The second kappa shape index (κ2) is 6.12. The lowest BCUT2D eigenvalue weighted by Gasteiger charge is -2.41. The predicted molar refractivity (Wildman–Crippen MR) is 88.8 cm³/mol. The van der Waals surface area contributed by atoms with Crippen molar-refractivity contribution in [1.82, 2.24) is 15.1 Å². The van der Waals surface area contributed by atoms with E-state index in [-0.39, 0.29) is 23.6 Å². The molecule has 2 aromatic carbocycles. The van der Waals surface area contributed by atoms with Crippen LogP contribution in [0.25, 0.3) is 11.3 Å². The molecule has 6 heteroatoms. The van der Waals surface area contributed by atoms with Crippen LogP contribution in [0.1, 0.15) is 28.4 Å². The monoisotopic (exact) mass is 339 g/mol. The molecule has 1 amide bonds. The van der Waals surface area contributed by atoms with E-state index in [2.05, 4.69) is 10.2 Å². The summed E-state index contributed by atoms with van der Waals surface area (Å²) >= 11 is 0. The minimum Gasteiger partial charge on any atom is -0.331 e. The minimum absolute atomic E-state index is 0.0802. The summed E-state index contributed by atoms with van der Waals surface area (Å²) in [6.07, 6.45) is 2.28. The number of likely N-dealkylation sites (tertiary alicyclic amines) is 1. The predicted octanol–water partition coefficient (Wildman–Crippen LogP) is 3.94. The highest BCUT2D eigenvalue weighted by molar-refractivity contribution is 6.00. The van der Waals surface area contributed by atoms with E-state index in [0.29, 0.717) is 23.4 Å². The number of aromatic nitrogens is 2. The Labute approximate surface area is 143 Å². The molecule has 0 bridgehead atoms. The number of benzene rings is 2. The van der Waals surface area contributed by atoms with Gasteiger partial charge in [0.15, 0.2) is 0 Å².